The predicted molar refractivity (Wildman–Crippen MR) is 73.2 cm³/mol. The molecule has 1 N–H and O–H groups in total. The molecule has 2 nitrogen and oxygen atoms in total. The van der Waals surface area contributed by atoms with Crippen molar-refractivity contribution in [1.29, 1.82) is 0 Å². The van der Waals surface area contributed by atoms with Crippen LogP contribution in [0.5, 0.6) is 0 Å². The molecule has 1 aliphatic carbocycles. The van der Waals surface area contributed by atoms with Gasteiger partial charge in [-0.2, -0.15) is 0 Å². The van der Waals surface area contributed by atoms with Crippen LogP contribution in [0.25, 0.3) is 11.3 Å². The van der Waals surface area contributed by atoms with E-state index in [0.717, 1.165) is 12.3 Å². The average Bonchev–Trinajstić information content (AvgIpc) is 3.08. The summed E-state index contributed by atoms with van der Waals surface area (Å²) in [6, 6.07) is 11.1. The maximum absolute atomic E-state index is 13.6. The summed E-state index contributed by atoms with van der Waals surface area (Å²) in [5.41, 5.74) is 0.523. The van der Waals surface area contributed by atoms with Crippen molar-refractivity contribution in [2.45, 2.75) is 38.3 Å². The van der Waals surface area contributed by atoms with Gasteiger partial charge < -0.3 is 9.73 Å². The van der Waals surface area contributed by atoms with Crippen LogP contribution in [0.15, 0.2) is 40.8 Å². The Labute approximate surface area is 112 Å². The van der Waals surface area contributed by atoms with Crippen LogP contribution in [0.1, 0.15) is 31.4 Å². The number of hydrogen-bond donors (Lipinski definition) is 1. The molecule has 0 spiro atoms. The molecule has 0 atom stereocenters. The lowest BCUT2D eigenvalue weighted by Crippen LogP contribution is -2.24. The third-order valence-electron chi connectivity index (χ3n) is 3.72. The topological polar surface area (TPSA) is 25.2 Å². The Morgan fingerprint density at radius 3 is 2.68 bits per heavy atom. The maximum Gasteiger partial charge on any atom is 0.137 e. The van der Waals surface area contributed by atoms with Crippen molar-refractivity contribution in [1.82, 2.24) is 5.32 Å². The zero-order valence-corrected chi connectivity index (χ0v) is 10.9. The Morgan fingerprint density at radius 2 is 1.89 bits per heavy atom. The van der Waals surface area contributed by atoms with Gasteiger partial charge in [0.05, 0.1) is 12.1 Å². The van der Waals surface area contributed by atoms with E-state index in [9.17, 15) is 4.39 Å². The third kappa shape index (κ3) is 2.87. The lowest BCUT2D eigenvalue weighted by atomic mass is 10.1. The van der Waals surface area contributed by atoms with Gasteiger partial charge >= 0.3 is 0 Å². The number of halogens is 1. The molecular weight excluding hydrogens is 241 g/mol. The van der Waals surface area contributed by atoms with Crippen LogP contribution in [0.3, 0.4) is 0 Å². The molecule has 0 unspecified atom stereocenters. The summed E-state index contributed by atoms with van der Waals surface area (Å²) in [5, 5.41) is 3.49. The Kier molecular flexibility index (Phi) is 3.65. The van der Waals surface area contributed by atoms with Gasteiger partial charge in [-0.05, 0) is 37.1 Å². The molecular formula is C16H18FNO. The summed E-state index contributed by atoms with van der Waals surface area (Å²) in [7, 11) is 0. The molecule has 0 amide bonds. The van der Waals surface area contributed by atoms with E-state index in [2.05, 4.69) is 5.32 Å². The van der Waals surface area contributed by atoms with E-state index in [1.165, 1.54) is 31.7 Å². The molecule has 1 aliphatic rings. The first-order valence-corrected chi connectivity index (χ1v) is 6.90. The summed E-state index contributed by atoms with van der Waals surface area (Å²) in [4.78, 5) is 0. The Hall–Kier alpha value is -1.61. The van der Waals surface area contributed by atoms with E-state index in [4.69, 9.17) is 4.42 Å². The Morgan fingerprint density at radius 1 is 1.11 bits per heavy atom. The normalized spacial score (nSPS) is 16.1. The SMILES string of the molecule is Fc1ccccc1-c1ccc(CNC2CCCC2)o1. The van der Waals surface area contributed by atoms with Crippen molar-refractivity contribution in [3.63, 3.8) is 0 Å². The molecule has 1 aromatic carbocycles. The van der Waals surface area contributed by atoms with E-state index in [0.29, 0.717) is 17.4 Å². The summed E-state index contributed by atoms with van der Waals surface area (Å²) in [5.74, 6) is 1.22. The van der Waals surface area contributed by atoms with Gasteiger partial charge in [0.2, 0.25) is 0 Å². The fourth-order valence-corrected chi connectivity index (χ4v) is 2.65. The highest BCUT2D eigenvalue weighted by molar-refractivity contribution is 5.58. The highest BCUT2D eigenvalue weighted by Crippen LogP contribution is 2.25. The summed E-state index contributed by atoms with van der Waals surface area (Å²) in [6.45, 7) is 0.721. The predicted octanol–water partition coefficient (Wildman–Crippen LogP) is 4.12. The first-order chi connectivity index (χ1) is 9.33. The molecule has 2 aromatic rings. The van der Waals surface area contributed by atoms with E-state index < -0.39 is 0 Å². The maximum atomic E-state index is 13.6. The van der Waals surface area contributed by atoms with E-state index in [1.54, 1.807) is 12.1 Å². The van der Waals surface area contributed by atoms with Gasteiger partial charge in [0.15, 0.2) is 0 Å². The monoisotopic (exact) mass is 259 g/mol. The van der Waals surface area contributed by atoms with Crippen LogP contribution in [0.2, 0.25) is 0 Å². The van der Waals surface area contributed by atoms with E-state index in [1.807, 2.05) is 18.2 Å². The van der Waals surface area contributed by atoms with Crippen molar-refractivity contribution in [3.8, 4) is 11.3 Å². The molecule has 1 aromatic heterocycles. The fraction of sp³-hybridized carbons (Fsp3) is 0.375. The lowest BCUT2D eigenvalue weighted by molar-refractivity contribution is 0.451. The highest BCUT2D eigenvalue weighted by Gasteiger charge is 2.15. The standard InChI is InChI=1S/C16H18FNO/c17-15-8-4-3-7-14(15)16-10-9-13(19-16)11-18-12-5-1-2-6-12/h3-4,7-10,12,18H,1-2,5-6,11H2. The largest absolute Gasteiger partial charge is 0.460 e. The minimum atomic E-state index is -0.243. The Balaban J connectivity index is 1.67. The first kappa shape index (κ1) is 12.4. The van der Waals surface area contributed by atoms with Gasteiger partial charge in [-0.1, -0.05) is 25.0 Å². The summed E-state index contributed by atoms with van der Waals surface area (Å²) >= 11 is 0. The Bertz CT molecular complexity index is 543. The number of rotatable bonds is 4. The van der Waals surface area contributed by atoms with Crippen LogP contribution >= 0.6 is 0 Å². The second-order valence-electron chi connectivity index (χ2n) is 5.11. The summed E-state index contributed by atoms with van der Waals surface area (Å²) < 4.78 is 19.3. The van der Waals surface area contributed by atoms with Crippen LogP contribution in [-0.2, 0) is 6.54 Å². The van der Waals surface area contributed by atoms with Gasteiger partial charge in [0.1, 0.15) is 17.3 Å². The molecule has 1 heterocycles. The molecule has 1 saturated carbocycles. The van der Waals surface area contributed by atoms with E-state index >= 15 is 0 Å². The first-order valence-electron chi connectivity index (χ1n) is 6.90. The zero-order valence-electron chi connectivity index (χ0n) is 10.9. The molecule has 0 aliphatic heterocycles. The molecule has 0 bridgehead atoms. The number of hydrogen-bond acceptors (Lipinski definition) is 2. The van der Waals surface area contributed by atoms with Crippen molar-refractivity contribution >= 4 is 0 Å². The zero-order chi connectivity index (χ0) is 13.1. The smallest absolute Gasteiger partial charge is 0.137 e. The fourth-order valence-electron chi connectivity index (χ4n) is 2.65. The molecule has 100 valence electrons. The van der Waals surface area contributed by atoms with Crippen molar-refractivity contribution in [3.05, 3.63) is 48.0 Å². The van der Waals surface area contributed by atoms with Gasteiger partial charge in [-0.15, -0.1) is 0 Å². The van der Waals surface area contributed by atoms with Crippen molar-refractivity contribution in [2.24, 2.45) is 0 Å². The minimum absolute atomic E-state index is 0.243. The third-order valence-corrected chi connectivity index (χ3v) is 3.72. The molecule has 0 saturated heterocycles. The number of furan rings is 1. The number of nitrogens with one attached hydrogen (secondary N) is 1. The molecule has 0 radical (unpaired) electrons. The van der Waals surface area contributed by atoms with Crippen LogP contribution in [-0.4, -0.2) is 6.04 Å². The van der Waals surface area contributed by atoms with Gasteiger partial charge in [0.25, 0.3) is 0 Å². The summed E-state index contributed by atoms with van der Waals surface area (Å²) in [6.07, 6.45) is 5.13. The van der Waals surface area contributed by atoms with Crippen LogP contribution < -0.4 is 5.32 Å². The molecule has 1 fully saturated rings. The molecule has 3 rings (SSSR count). The average molecular weight is 259 g/mol. The van der Waals surface area contributed by atoms with Gasteiger partial charge in [-0.3, -0.25) is 0 Å². The van der Waals surface area contributed by atoms with Crippen LogP contribution in [0.4, 0.5) is 4.39 Å². The van der Waals surface area contributed by atoms with E-state index in [-0.39, 0.29) is 5.82 Å². The van der Waals surface area contributed by atoms with Crippen molar-refractivity contribution in [2.75, 3.05) is 0 Å². The van der Waals surface area contributed by atoms with Crippen molar-refractivity contribution < 1.29 is 8.81 Å². The lowest BCUT2D eigenvalue weighted by Gasteiger charge is -2.09. The highest BCUT2D eigenvalue weighted by atomic mass is 19.1. The quantitative estimate of drug-likeness (QED) is 0.893. The van der Waals surface area contributed by atoms with Crippen LogP contribution in [0, 0.1) is 5.82 Å². The second kappa shape index (κ2) is 5.57. The van der Waals surface area contributed by atoms with Gasteiger partial charge in [-0.25, -0.2) is 4.39 Å². The second-order valence-corrected chi connectivity index (χ2v) is 5.11. The van der Waals surface area contributed by atoms with Gasteiger partial charge in [0, 0.05) is 6.04 Å². The minimum Gasteiger partial charge on any atom is -0.460 e. The molecule has 3 heteroatoms. The number of benzene rings is 1. The molecule has 19 heavy (non-hydrogen) atoms.